The van der Waals surface area contributed by atoms with E-state index in [1.165, 1.54) is 6.07 Å². The molecular weight excluding hydrogens is 737 g/mol. The molecule has 1 fully saturated rings. The monoisotopic (exact) mass is 743 g/mol. The highest BCUT2D eigenvalue weighted by Gasteiger charge is 2.48. The molecule has 0 unspecified atom stereocenters. The van der Waals surface area contributed by atoms with Gasteiger partial charge in [-0.15, -0.1) is 0 Å². The van der Waals surface area contributed by atoms with Crippen LogP contribution in [0.25, 0.3) is 16.7 Å². The largest absolute Gasteiger partial charge is 0.422 e. The van der Waals surface area contributed by atoms with Crippen molar-refractivity contribution in [3.05, 3.63) is 120 Å². The molecule has 0 N–H and O–H groups in total. The van der Waals surface area contributed by atoms with Crippen LogP contribution in [0.5, 0.6) is 0 Å². The maximum absolute atomic E-state index is 15.1. The standard InChI is InChI=1S/C31H6F17N3/c1-8(15-21(32)25(36)19(30(43,44)45)26(37)22(15)33)14-16(11(6-50)9-2-3-10(5-49)13(4-9)29(40,41)42)17(14)12(7-51)18-23(34)27(38)20(31(46,47)48)28(39)24(18)35/h2-4H,1H3. The Labute approximate surface area is 271 Å². The van der Waals surface area contributed by atoms with Crippen LogP contribution in [0.4, 0.5) is 74.6 Å². The van der Waals surface area contributed by atoms with Crippen molar-refractivity contribution in [2.45, 2.75) is 25.5 Å². The lowest BCUT2D eigenvalue weighted by molar-refractivity contribution is -0.144. The van der Waals surface area contributed by atoms with Gasteiger partial charge in [0.15, 0.2) is 46.5 Å². The van der Waals surface area contributed by atoms with E-state index in [9.17, 15) is 67.6 Å². The smallest absolute Gasteiger partial charge is 0.203 e. The van der Waals surface area contributed by atoms with E-state index in [0.29, 0.717) is 19.1 Å². The van der Waals surface area contributed by atoms with E-state index in [2.05, 4.69) is 0 Å². The molecule has 0 spiro atoms. The zero-order chi connectivity index (χ0) is 38.9. The fraction of sp³-hybridized carbons (Fsp3) is 0.129. The van der Waals surface area contributed by atoms with Crippen LogP contribution in [0.2, 0.25) is 0 Å². The van der Waals surface area contributed by atoms with Crippen molar-refractivity contribution in [1.82, 2.24) is 0 Å². The van der Waals surface area contributed by atoms with Crippen LogP contribution in [0.3, 0.4) is 0 Å². The summed E-state index contributed by atoms with van der Waals surface area (Å²) in [5.74, 6) is -23.9. The van der Waals surface area contributed by atoms with Gasteiger partial charge in [0.25, 0.3) is 0 Å². The normalized spacial score (nSPS) is 16.3. The van der Waals surface area contributed by atoms with Crippen LogP contribution in [-0.2, 0) is 18.5 Å². The minimum absolute atomic E-state index is 0.0936. The molecule has 3 aromatic rings. The van der Waals surface area contributed by atoms with Crippen molar-refractivity contribution in [2.24, 2.45) is 0 Å². The molecule has 3 nitrogen and oxygen atoms in total. The predicted octanol–water partition coefficient (Wildman–Crippen LogP) is 10.5. The summed E-state index contributed by atoms with van der Waals surface area (Å²) in [5, 5.41) is 28.7. The summed E-state index contributed by atoms with van der Waals surface area (Å²) in [5.41, 5.74) is -22.3. The zero-order valence-corrected chi connectivity index (χ0v) is 24.0. The quantitative estimate of drug-likeness (QED) is 0.152. The summed E-state index contributed by atoms with van der Waals surface area (Å²) >= 11 is 0. The van der Waals surface area contributed by atoms with Gasteiger partial charge in [0.05, 0.1) is 39.5 Å². The summed E-state index contributed by atoms with van der Waals surface area (Å²) < 4.78 is 238. The summed E-state index contributed by atoms with van der Waals surface area (Å²) in [4.78, 5) is 0. The summed E-state index contributed by atoms with van der Waals surface area (Å²) in [6, 6.07) is 4.47. The van der Waals surface area contributed by atoms with E-state index in [4.69, 9.17) is 5.26 Å². The van der Waals surface area contributed by atoms with Crippen molar-refractivity contribution in [3.8, 4) is 18.2 Å². The number of nitriles is 3. The van der Waals surface area contributed by atoms with E-state index in [1.807, 2.05) is 0 Å². The Balaban J connectivity index is 2.27. The molecule has 1 aliphatic rings. The molecule has 4 rings (SSSR count). The zero-order valence-electron chi connectivity index (χ0n) is 24.0. The Hall–Kier alpha value is -5.84. The van der Waals surface area contributed by atoms with Gasteiger partial charge in [0.2, 0.25) is 0 Å². The van der Waals surface area contributed by atoms with E-state index < -0.39 is 137 Å². The average Bonchev–Trinajstić information content (AvgIpc) is 3.74. The molecule has 0 bridgehead atoms. The number of benzene rings is 3. The highest BCUT2D eigenvalue weighted by Crippen LogP contribution is 2.57. The first-order valence-electron chi connectivity index (χ1n) is 12.9. The second kappa shape index (κ2) is 12.5. The first-order chi connectivity index (χ1) is 23.4. The summed E-state index contributed by atoms with van der Waals surface area (Å²) in [7, 11) is 0. The number of alkyl halides is 9. The fourth-order valence-electron chi connectivity index (χ4n) is 5.03. The van der Waals surface area contributed by atoms with Crippen molar-refractivity contribution in [1.29, 1.82) is 15.8 Å². The van der Waals surface area contributed by atoms with Crippen molar-refractivity contribution < 1.29 is 74.6 Å². The van der Waals surface area contributed by atoms with E-state index in [0.717, 1.165) is 12.1 Å². The van der Waals surface area contributed by atoms with E-state index in [-0.39, 0.29) is 6.07 Å². The third-order valence-corrected chi connectivity index (χ3v) is 7.24. The van der Waals surface area contributed by atoms with Crippen LogP contribution < -0.4 is 0 Å². The molecule has 0 heterocycles. The molecule has 0 saturated heterocycles. The predicted molar refractivity (Wildman–Crippen MR) is 136 cm³/mol. The van der Waals surface area contributed by atoms with Gasteiger partial charge >= 0.3 is 18.5 Å². The lowest BCUT2D eigenvalue weighted by atomic mass is 9.97. The van der Waals surface area contributed by atoms with Gasteiger partial charge in [-0.3, -0.25) is 0 Å². The third-order valence-electron chi connectivity index (χ3n) is 7.24. The first-order valence-corrected chi connectivity index (χ1v) is 12.9. The van der Waals surface area contributed by atoms with Crippen molar-refractivity contribution in [3.63, 3.8) is 0 Å². The fourth-order valence-corrected chi connectivity index (χ4v) is 5.03. The van der Waals surface area contributed by atoms with E-state index in [1.54, 1.807) is 0 Å². The van der Waals surface area contributed by atoms with Crippen LogP contribution in [-0.4, -0.2) is 0 Å². The number of nitrogens with zero attached hydrogens (tertiary/aromatic N) is 3. The van der Waals surface area contributed by atoms with Gasteiger partial charge < -0.3 is 0 Å². The second-order valence-corrected chi connectivity index (χ2v) is 10.1. The van der Waals surface area contributed by atoms with Gasteiger partial charge in [0.1, 0.15) is 23.3 Å². The molecule has 0 radical (unpaired) electrons. The minimum Gasteiger partial charge on any atom is -0.203 e. The molecule has 51 heavy (non-hydrogen) atoms. The van der Waals surface area contributed by atoms with Gasteiger partial charge in [-0.05, 0) is 35.8 Å². The van der Waals surface area contributed by atoms with Gasteiger partial charge in [-0.1, -0.05) is 6.07 Å². The second-order valence-electron chi connectivity index (χ2n) is 10.1. The number of hydrogen-bond donors (Lipinski definition) is 0. The Kier molecular flexibility index (Phi) is 9.30. The molecule has 1 aliphatic carbocycles. The number of halogens is 17. The number of allylic oxidation sites excluding steroid dienone is 6. The third kappa shape index (κ3) is 6.13. The minimum atomic E-state index is -6.11. The number of rotatable bonds is 3. The van der Waals surface area contributed by atoms with Crippen LogP contribution >= 0.6 is 0 Å². The maximum atomic E-state index is 15.1. The Morgan fingerprint density at radius 2 is 0.902 bits per heavy atom. The molecule has 0 atom stereocenters. The highest BCUT2D eigenvalue weighted by molar-refractivity contribution is 6.10. The SMILES string of the molecule is CC(=C1C(=C(C#N)c2ccc(C#N)c(C(F)(F)F)c2)C1=C(C#N)c1c(F)c(F)c(C(F)(F)F)c(F)c1F)c1c(F)c(F)c(C(F)(F)F)c(F)c1F. The van der Waals surface area contributed by atoms with Gasteiger partial charge in [-0.2, -0.15) is 55.3 Å². The molecule has 3 aromatic carbocycles. The Morgan fingerprint density at radius 3 is 1.25 bits per heavy atom. The topological polar surface area (TPSA) is 71.4 Å². The molecule has 0 aliphatic heterocycles. The van der Waals surface area contributed by atoms with Crippen LogP contribution in [0.1, 0.15) is 45.9 Å². The molecule has 1 saturated carbocycles. The first kappa shape index (κ1) is 38.0. The van der Waals surface area contributed by atoms with Crippen LogP contribution in [0, 0.1) is 80.5 Å². The molecule has 20 heteroatoms. The average molecular weight is 743 g/mol. The van der Waals surface area contributed by atoms with Gasteiger partial charge in [0, 0.05) is 11.1 Å². The maximum Gasteiger partial charge on any atom is 0.422 e. The highest BCUT2D eigenvalue weighted by atomic mass is 19.4. The molecule has 0 amide bonds. The van der Waals surface area contributed by atoms with Gasteiger partial charge in [-0.25, -0.2) is 35.1 Å². The summed E-state index contributed by atoms with van der Waals surface area (Å²) in [6.07, 6.45) is -17.5. The molecule has 0 aromatic heterocycles. The number of hydrogen-bond acceptors (Lipinski definition) is 3. The lowest BCUT2D eigenvalue weighted by Gasteiger charge is -2.14. The van der Waals surface area contributed by atoms with Crippen molar-refractivity contribution in [2.75, 3.05) is 0 Å². The molecule has 264 valence electrons. The molecular formula is C31H6F17N3. The Morgan fingerprint density at radius 1 is 0.510 bits per heavy atom. The summed E-state index contributed by atoms with van der Waals surface area (Å²) in [6.45, 7) is 0.403. The lowest BCUT2D eigenvalue weighted by Crippen LogP contribution is -2.17. The van der Waals surface area contributed by atoms with Crippen molar-refractivity contribution >= 4 is 16.7 Å². The van der Waals surface area contributed by atoms with Crippen LogP contribution in [0.15, 0.2) is 34.9 Å². The Bertz CT molecular complexity index is 2220. The van der Waals surface area contributed by atoms with E-state index >= 15 is 17.6 Å².